The number of hydrogen-bond acceptors (Lipinski definition) is 4. The lowest BCUT2D eigenvalue weighted by Gasteiger charge is -2.30. The molecule has 5 heteroatoms. The zero-order valence-corrected chi connectivity index (χ0v) is 12.1. The fourth-order valence-corrected chi connectivity index (χ4v) is 1.23. The summed E-state index contributed by atoms with van der Waals surface area (Å²) in [6.45, 7) is 13.3. The fourth-order valence-electron chi connectivity index (χ4n) is 1.23. The molecule has 1 N–H and O–H groups in total. The Morgan fingerprint density at radius 1 is 1.42 bits per heavy atom. The van der Waals surface area contributed by atoms with Gasteiger partial charge in [-0.3, -0.25) is 9.69 Å². The average molecular weight is 269 g/mol. The summed E-state index contributed by atoms with van der Waals surface area (Å²) >= 11 is 0. The summed E-state index contributed by atoms with van der Waals surface area (Å²) in [5.74, 6) is -0.286. The third-order valence-corrected chi connectivity index (χ3v) is 2.28. The van der Waals surface area contributed by atoms with Gasteiger partial charge >= 0.3 is 6.09 Å². The van der Waals surface area contributed by atoms with E-state index in [-0.39, 0.29) is 18.9 Å². The minimum absolute atomic E-state index is 0.193. The molecule has 5 nitrogen and oxygen atoms in total. The lowest BCUT2D eigenvalue weighted by molar-refractivity contribution is -0.117. The van der Waals surface area contributed by atoms with Gasteiger partial charge in [0.1, 0.15) is 5.60 Å². The molecule has 1 amide bonds. The maximum absolute atomic E-state index is 12.0. The number of ether oxygens (including phenoxy) is 1. The van der Waals surface area contributed by atoms with Gasteiger partial charge in [-0.15, -0.1) is 6.58 Å². The molecule has 0 rings (SSSR count). The quantitative estimate of drug-likeness (QED) is 0.591. The first-order valence-corrected chi connectivity index (χ1v) is 6.04. The summed E-state index contributed by atoms with van der Waals surface area (Å²) < 4.78 is 5.21. The number of carbonyl (C=O) groups is 2. The molecule has 19 heavy (non-hydrogen) atoms. The minimum Gasteiger partial charge on any atom is -0.444 e. The Morgan fingerprint density at radius 3 is 2.26 bits per heavy atom. The molecule has 0 heterocycles. The second kappa shape index (κ2) is 7.09. The highest BCUT2D eigenvalue weighted by molar-refractivity contribution is 5.97. The van der Waals surface area contributed by atoms with Crippen LogP contribution in [0.25, 0.3) is 0 Å². The lowest BCUT2D eigenvalue weighted by Crippen LogP contribution is -2.46. The molecular weight excluding hydrogens is 246 g/mol. The molecule has 0 saturated carbocycles. The Bertz CT molecular complexity index is 368. The predicted octanol–water partition coefficient (Wildman–Crippen LogP) is 1.92. The van der Waals surface area contributed by atoms with Gasteiger partial charge in [-0.05, 0) is 33.3 Å². The highest BCUT2D eigenvalue weighted by Crippen LogP contribution is 2.13. The van der Waals surface area contributed by atoms with Gasteiger partial charge in [-0.2, -0.15) is 0 Å². The number of nitrogens with zero attached hydrogens (tertiary/aromatic N) is 1. The number of hydrogen-bond donors (Lipinski definition) is 1. The van der Waals surface area contributed by atoms with Crippen molar-refractivity contribution in [3.05, 3.63) is 24.8 Å². The lowest BCUT2D eigenvalue weighted by atomic mass is 10.1. The van der Waals surface area contributed by atoms with E-state index in [1.165, 1.54) is 6.08 Å². The van der Waals surface area contributed by atoms with Crippen LogP contribution < -0.4 is 0 Å². The van der Waals surface area contributed by atoms with Crippen LogP contribution in [0.4, 0.5) is 4.79 Å². The fraction of sp³-hybridized carbons (Fsp3) is 0.571. The molecule has 0 aromatic carbocycles. The van der Waals surface area contributed by atoms with Crippen LogP contribution in [0.1, 0.15) is 27.7 Å². The number of ketones is 1. The monoisotopic (exact) mass is 269 g/mol. The van der Waals surface area contributed by atoms with Gasteiger partial charge in [0.15, 0.2) is 5.78 Å². The SMILES string of the molecule is C=C[C@@H](CO)N(CC(=O)C(=C)C)C(=O)OC(C)(C)C. The predicted molar refractivity (Wildman–Crippen MR) is 73.8 cm³/mol. The molecule has 0 spiro atoms. The van der Waals surface area contributed by atoms with E-state index >= 15 is 0 Å². The molecule has 0 aromatic heterocycles. The zero-order chi connectivity index (χ0) is 15.2. The Hall–Kier alpha value is -1.62. The molecule has 108 valence electrons. The van der Waals surface area contributed by atoms with Crippen molar-refractivity contribution in [3.8, 4) is 0 Å². The molecule has 0 aromatic rings. The van der Waals surface area contributed by atoms with Gasteiger partial charge < -0.3 is 9.84 Å². The van der Waals surface area contributed by atoms with E-state index in [0.29, 0.717) is 5.57 Å². The topological polar surface area (TPSA) is 66.8 Å². The number of Topliss-reactive ketones (excluding diaryl/α,β-unsaturated/α-hetero) is 1. The Kier molecular flexibility index (Phi) is 6.48. The van der Waals surface area contributed by atoms with E-state index in [4.69, 9.17) is 4.74 Å². The van der Waals surface area contributed by atoms with E-state index < -0.39 is 17.7 Å². The Morgan fingerprint density at radius 2 is 1.95 bits per heavy atom. The molecule has 0 aliphatic carbocycles. The molecule has 0 aliphatic heterocycles. The van der Waals surface area contributed by atoms with E-state index in [1.54, 1.807) is 27.7 Å². The maximum Gasteiger partial charge on any atom is 0.411 e. The third-order valence-electron chi connectivity index (χ3n) is 2.28. The molecular formula is C14H23NO4. The number of aliphatic hydroxyl groups excluding tert-OH is 1. The largest absolute Gasteiger partial charge is 0.444 e. The van der Waals surface area contributed by atoms with Crippen molar-refractivity contribution in [2.75, 3.05) is 13.2 Å². The standard InChI is InChI=1S/C14H23NO4/c1-7-11(9-16)15(8-12(17)10(2)3)13(18)19-14(4,5)6/h7,11,16H,1-2,8-9H2,3-6H3/t11-/m0/s1. The van der Waals surface area contributed by atoms with Gasteiger partial charge in [-0.25, -0.2) is 4.79 Å². The van der Waals surface area contributed by atoms with Gasteiger partial charge in [-0.1, -0.05) is 12.7 Å². The van der Waals surface area contributed by atoms with Crippen molar-refractivity contribution in [1.82, 2.24) is 4.90 Å². The van der Waals surface area contributed by atoms with Gasteiger partial charge in [0, 0.05) is 0 Å². The van der Waals surface area contributed by atoms with E-state index in [1.807, 2.05) is 0 Å². The van der Waals surface area contributed by atoms with E-state index in [2.05, 4.69) is 13.2 Å². The van der Waals surface area contributed by atoms with Gasteiger partial charge in [0.2, 0.25) is 0 Å². The summed E-state index contributed by atoms with van der Waals surface area (Å²) in [5.41, 5.74) is -0.336. The summed E-state index contributed by atoms with van der Waals surface area (Å²) in [6.07, 6.45) is 0.733. The van der Waals surface area contributed by atoms with Crippen LogP contribution in [-0.2, 0) is 9.53 Å². The summed E-state index contributed by atoms with van der Waals surface area (Å²) in [4.78, 5) is 24.9. The molecule has 1 atom stereocenters. The van der Waals surface area contributed by atoms with Crippen molar-refractivity contribution in [3.63, 3.8) is 0 Å². The Labute approximate surface area is 114 Å². The maximum atomic E-state index is 12.0. The van der Waals surface area contributed by atoms with Crippen molar-refractivity contribution in [2.24, 2.45) is 0 Å². The molecule has 0 radical (unpaired) electrons. The average Bonchev–Trinajstić information content (AvgIpc) is 2.26. The van der Waals surface area contributed by atoms with Crippen LogP contribution in [0.15, 0.2) is 24.8 Å². The van der Waals surface area contributed by atoms with E-state index in [9.17, 15) is 14.7 Å². The van der Waals surface area contributed by atoms with Crippen molar-refractivity contribution >= 4 is 11.9 Å². The third kappa shape index (κ3) is 6.20. The van der Waals surface area contributed by atoms with Gasteiger partial charge in [0.25, 0.3) is 0 Å². The normalized spacial score (nSPS) is 12.5. The highest BCUT2D eigenvalue weighted by Gasteiger charge is 2.28. The van der Waals surface area contributed by atoms with E-state index in [0.717, 1.165) is 4.90 Å². The zero-order valence-electron chi connectivity index (χ0n) is 12.1. The van der Waals surface area contributed by atoms with Crippen LogP contribution >= 0.6 is 0 Å². The van der Waals surface area contributed by atoms with Crippen LogP contribution in [0.2, 0.25) is 0 Å². The second-order valence-corrected chi connectivity index (χ2v) is 5.30. The number of rotatable bonds is 6. The first-order chi connectivity index (χ1) is 8.62. The van der Waals surface area contributed by atoms with Crippen LogP contribution in [0, 0.1) is 0 Å². The van der Waals surface area contributed by atoms with Crippen LogP contribution in [-0.4, -0.2) is 46.7 Å². The van der Waals surface area contributed by atoms with Gasteiger partial charge in [0.05, 0.1) is 19.2 Å². The highest BCUT2D eigenvalue weighted by atomic mass is 16.6. The molecule has 0 aliphatic rings. The van der Waals surface area contributed by atoms with Crippen molar-refractivity contribution < 1.29 is 19.4 Å². The number of aliphatic hydroxyl groups is 1. The summed E-state index contributed by atoms with van der Waals surface area (Å²) in [5, 5.41) is 9.24. The molecule has 0 bridgehead atoms. The minimum atomic E-state index is -0.678. The smallest absolute Gasteiger partial charge is 0.411 e. The number of carbonyl (C=O) groups excluding carboxylic acids is 2. The number of amides is 1. The molecule has 0 fully saturated rings. The summed E-state index contributed by atoms with van der Waals surface area (Å²) in [7, 11) is 0. The van der Waals surface area contributed by atoms with Crippen LogP contribution in [0.3, 0.4) is 0 Å². The van der Waals surface area contributed by atoms with Crippen molar-refractivity contribution in [2.45, 2.75) is 39.3 Å². The Balaban J connectivity index is 5.05. The summed E-state index contributed by atoms with van der Waals surface area (Å²) in [6, 6.07) is -0.668. The molecule has 0 saturated heterocycles. The van der Waals surface area contributed by atoms with Crippen molar-refractivity contribution in [1.29, 1.82) is 0 Å². The second-order valence-electron chi connectivity index (χ2n) is 5.30. The first-order valence-electron chi connectivity index (χ1n) is 6.04. The van der Waals surface area contributed by atoms with Crippen LogP contribution in [0.5, 0.6) is 0 Å². The molecule has 0 unspecified atom stereocenters. The first kappa shape index (κ1) is 17.4.